The van der Waals surface area contributed by atoms with Gasteiger partial charge in [-0.15, -0.1) is 0 Å². The fraction of sp³-hybridized carbons (Fsp3) is 0.308. The standard InChI is InChI=1S/C26H27Cl2N5/c27-18-2-4-21-23(6-11-30-25(21)16-18)29-10-1-13-33-14-8-20(9-15-33)32-24-7-12-31-26-17-19(28)3-5-22(24)26/h2-7,11-12,16-17,20H,1,8-10,13-15H2,(H,29,30)(H,31,32). The molecule has 5 rings (SSSR count). The van der Waals surface area contributed by atoms with E-state index < -0.39 is 0 Å². The van der Waals surface area contributed by atoms with Crippen molar-refractivity contribution in [3.8, 4) is 0 Å². The summed E-state index contributed by atoms with van der Waals surface area (Å²) in [6.45, 7) is 4.27. The number of rotatable bonds is 7. The fourth-order valence-corrected chi connectivity index (χ4v) is 4.90. The SMILES string of the molecule is Clc1ccc2c(NCCCN3CCC(Nc4ccnc5cc(Cl)ccc45)CC3)ccnc2c1. The molecule has 1 aliphatic heterocycles. The molecule has 0 saturated carbocycles. The summed E-state index contributed by atoms with van der Waals surface area (Å²) in [5, 5.41) is 11.0. The minimum atomic E-state index is 0.482. The summed E-state index contributed by atoms with van der Waals surface area (Å²) in [6.07, 6.45) is 7.07. The molecule has 0 radical (unpaired) electrons. The Morgan fingerprint density at radius 1 is 0.818 bits per heavy atom. The van der Waals surface area contributed by atoms with Gasteiger partial charge in [-0.1, -0.05) is 23.2 Å². The van der Waals surface area contributed by atoms with E-state index in [1.165, 1.54) is 0 Å². The van der Waals surface area contributed by atoms with Crippen molar-refractivity contribution in [3.63, 3.8) is 0 Å². The fourth-order valence-electron chi connectivity index (χ4n) is 4.57. The number of nitrogens with one attached hydrogen (secondary N) is 2. The van der Waals surface area contributed by atoms with Gasteiger partial charge in [0.25, 0.3) is 0 Å². The summed E-state index contributed by atoms with van der Waals surface area (Å²) in [6, 6.07) is 16.3. The number of aromatic nitrogens is 2. The molecule has 1 saturated heterocycles. The van der Waals surface area contributed by atoms with E-state index in [0.29, 0.717) is 11.1 Å². The molecular weight excluding hydrogens is 453 g/mol. The maximum Gasteiger partial charge on any atom is 0.0737 e. The van der Waals surface area contributed by atoms with Crippen LogP contribution in [0, 0.1) is 0 Å². The van der Waals surface area contributed by atoms with Crippen molar-refractivity contribution in [2.75, 3.05) is 36.8 Å². The summed E-state index contributed by atoms with van der Waals surface area (Å²) >= 11 is 12.2. The highest BCUT2D eigenvalue weighted by molar-refractivity contribution is 6.31. The molecule has 0 amide bonds. The summed E-state index contributed by atoms with van der Waals surface area (Å²) in [5.41, 5.74) is 4.12. The molecular formula is C26H27Cl2N5. The summed E-state index contributed by atoms with van der Waals surface area (Å²) < 4.78 is 0. The zero-order chi connectivity index (χ0) is 22.6. The smallest absolute Gasteiger partial charge is 0.0737 e. The van der Waals surface area contributed by atoms with Gasteiger partial charge in [-0.3, -0.25) is 9.97 Å². The van der Waals surface area contributed by atoms with E-state index >= 15 is 0 Å². The lowest BCUT2D eigenvalue weighted by atomic mass is 10.0. The van der Waals surface area contributed by atoms with Gasteiger partial charge in [0, 0.05) is 70.3 Å². The van der Waals surface area contributed by atoms with Crippen molar-refractivity contribution in [1.29, 1.82) is 0 Å². The summed E-state index contributed by atoms with van der Waals surface area (Å²) in [7, 11) is 0. The Morgan fingerprint density at radius 2 is 1.42 bits per heavy atom. The second kappa shape index (κ2) is 10.1. The third-order valence-corrected chi connectivity index (χ3v) is 6.79. The minimum Gasteiger partial charge on any atom is -0.384 e. The summed E-state index contributed by atoms with van der Waals surface area (Å²) in [5.74, 6) is 0. The second-order valence-corrected chi connectivity index (χ2v) is 9.45. The van der Waals surface area contributed by atoms with Gasteiger partial charge in [0.1, 0.15) is 0 Å². The lowest BCUT2D eigenvalue weighted by Gasteiger charge is -2.33. The van der Waals surface area contributed by atoms with Crippen molar-refractivity contribution < 1.29 is 0 Å². The van der Waals surface area contributed by atoms with Gasteiger partial charge in [-0.2, -0.15) is 0 Å². The highest BCUT2D eigenvalue weighted by atomic mass is 35.5. The lowest BCUT2D eigenvalue weighted by molar-refractivity contribution is 0.218. The molecule has 4 aromatic rings. The predicted octanol–water partition coefficient (Wildman–Crippen LogP) is 6.47. The van der Waals surface area contributed by atoms with E-state index in [1.807, 2.05) is 48.8 Å². The third-order valence-electron chi connectivity index (χ3n) is 6.32. The zero-order valence-electron chi connectivity index (χ0n) is 18.4. The van der Waals surface area contributed by atoms with Gasteiger partial charge in [0.05, 0.1) is 11.0 Å². The molecule has 0 unspecified atom stereocenters. The molecule has 1 aliphatic rings. The number of pyridine rings is 2. The number of anilines is 2. The van der Waals surface area contributed by atoms with Crippen LogP contribution in [0.5, 0.6) is 0 Å². The van der Waals surface area contributed by atoms with Gasteiger partial charge in [0.15, 0.2) is 0 Å². The average molecular weight is 480 g/mol. The van der Waals surface area contributed by atoms with Crippen LogP contribution in [0.4, 0.5) is 11.4 Å². The highest BCUT2D eigenvalue weighted by Crippen LogP contribution is 2.27. The normalized spacial score (nSPS) is 15.2. The molecule has 3 heterocycles. The molecule has 170 valence electrons. The molecule has 2 aromatic carbocycles. The van der Waals surface area contributed by atoms with Crippen molar-refractivity contribution >= 4 is 56.4 Å². The number of likely N-dealkylation sites (tertiary alicyclic amines) is 1. The number of nitrogens with zero attached hydrogens (tertiary/aromatic N) is 3. The van der Waals surface area contributed by atoms with E-state index in [1.54, 1.807) is 0 Å². The molecule has 0 aliphatic carbocycles. The maximum atomic E-state index is 6.12. The van der Waals surface area contributed by atoms with Crippen molar-refractivity contribution in [2.45, 2.75) is 25.3 Å². The molecule has 0 spiro atoms. The third kappa shape index (κ3) is 5.32. The number of piperidine rings is 1. The molecule has 5 nitrogen and oxygen atoms in total. The first-order chi connectivity index (χ1) is 16.2. The van der Waals surface area contributed by atoms with E-state index in [2.05, 4.69) is 37.6 Å². The molecule has 33 heavy (non-hydrogen) atoms. The van der Waals surface area contributed by atoms with Crippen molar-refractivity contribution in [3.05, 3.63) is 71.0 Å². The topological polar surface area (TPSA) is 53.1 Å². The van der Waals surface area contributed by atoms with Crippen molar-refractivity contribution in [1.82, 2.24) is 14.9 Å². The van der Waals surface area contributed by atoms with Crippen LogP contribution in [0.2, 0.25) is 10.0 Å². The van der Waals surface area contributed by atoms with Crippen LogP contribution >= 0.6 is 23.2 Å². The number of halogens is 2. The molecule has 2 aromatic heterocycles. The first-order valence-electron chi connectivity index (χ1n) is 11.5. The quantitative estimate of drug-likeness (QED) is 0.297. The molecule has 1 fully saturated rings. The maximum absolute atomic E-state index is 6.12. The molecule has 0 bridgehead atoms. The lowest BCUT2D eigenvalue weighted by Crippen LogP contribution is -2.39. The molecule has 0 atom stereocenters. The van der Waals surface area contributed by atoms with Crippen LogP contribution in [-0.2, 0) is 0 Å². The Kier molecular flexibility index (Phi) is 6.81. The Morgan fingerprint density at radius 3 is 2.09 bits per heavy atom. The van der Waals surface area contributed by atoms with Crippen LogP contribution in [0.1, 0.15) is 19.3 Å². The van der Waals surface area contributed by atoms with E-state index in [9.17, 15) is 0 Å². The molecule has 2 N–H and O–H groups in total. The van der Waals surface area contributed by atoms with Gasteiger partial charge >= 0.3 is 0 Å². The minimum absolute atomic E-state index is 0.482. The second-order valence-electron chi connectivity index (χ2n) is 8.58. The van der Waals surface area contributed by atoms with E-state index in [0.717, 1.165) is 83.6 Å². The predicted molar refractivity (Wildman–Crippen MR) is 140 cm³/mol. The van der Waals surface area contributed by atoms with E-state index in [4.69, 9.17) is 23.2 Å². The number of benzene rings is 2. The largest absolute Gasteiger partial charge is 0.384 e. The Balaban J connectivity index is 1.09. The van der Waals surface area contributed by atoms with Crippen LogP contribution in [0.25, 0.3) is 21.8 Å². The van der Waals surface area contributed by atoms with Crippen LogP contribution < -0.4 is 10.6 Å². The number of hydrogen-bond donors (Lipinski definition) is 2. The summed E-state index contributed by atoms with van der Waals surface area (Å²) in [4.78, 5) is 11.4. The Labute approximate surface area is 204 Å². The number of fused-ring (bicyclic) bond motifs is 2. The van der Waals surface area contributed by atoms with Gasteiger partial charge in [0.2, 0.25) is 0 Å². The van der Waals surface area contributed by atoms with Gasteiger partial charge < -0.3 is 15.5 Å². The monoisotopic (exact) mass is 479 g/mol. The van der Waals surface area contributed by atoms with Crippen LogP contribution in [-0.4, -0.2) is 47.1 Å². The van der Waals surface area contributed by atoms with Crippen LogP contribution in [0.3, 0.4) is 0 Å². The first-order valence-corrected chi connectivity index (χ1v) is 12.2. The number of hydrogen-bond acceptors (Lipinski definition) is 5. The van der Waals surface area contributed by atoms with Crippen molar-refractivity contribution in [2.24, 2.45) is 0 Å². The first kappa shape index (κ1) is 22.2. The van der Waals surface area contributed by atoms with Crippen LogP contribution in [0.15, 0.2) is 60.9 Å². The van der Waals surface area contributed by atoms with Gasteiger partial charge in [-0.25, -0.2) is 0 Å². The zero-order valence-corrected chi connectivity index (χ0v) is 19.9. The van der Waals surface area contributed by atoms with Gasteiger partial charge in [-0.05, 0) is 74.3 Å². The average Bonchev–Trinajstić information content (AvgIpc) is 2.82. The Hall–Kier alpha value is -2.60. The van der Waals surface area contributed by atoms with E-state index in [-0.39, 0.29) is 0 Å². The molecule has 7 heteroatoms. The highest BCUT2D eigenvalue weighted by Gasteiger charge is 2.19. The Bertz CT molecular complexity index is 1250.